The second-order valence-electron chi connectivity index (χ2n) is 38.8. The molecule has 0 aromatic rings. The van der Waals surface area contributed by atoms with Gasteiger partial charge in [-0.15, -0.1) is 0 Å². The highest BCUT2D eigenvalue weighted by atomic mass is 32.3. The van der Waals surface area contributed by atoms with E-state index in [2.05, 4.69) is 250 Å². The maximum atomic E-state index is 9.33. The van der Waals surface area contributed by atoms with Crippen molar-refractivity contribution in [2.75, 3.05) is 398 Å². The van der Waals surface area contributed by atoms with Crippen molar-refractivity contribution in [3.63, 3.8) is 0 Å². The summed E-state index contributed by atoms with van der Waals surface area (Å²) >= 11 is 0. The molecule has 846 valence electrons. The van der Waals surface area contributed by atoms with E-state index >= 15 is 0 Å². The predicted octanol–water partition coefficient (Wildman–Crippen LogP) is 5.79. The molecule has 1 atom stereocenters. The first-order chi connectivity index (χ1) is 63.1. The zero-order valence-electron chi connectivity index (χ0n) is 92.9. The summed E-state index contributed by atoms with van der Waals surface area (Å²) in [6.07, 6.45) is 24.7. The highest BCUT2D eigenvalue weighted by Gasteiger charge is 2.24. The molecule has 0 amide bonds. The van der Waals surface area contributed by atoms with Crippen LogP contribution in [0.15, 0.2) is 0 Å². The van der Waals surface area contributed by atoms with Crippen LogP contribution in [0.25, 0.3) is 0 Å². The molecule has 50 heteroatoms. The van der Waals surface area contributed by atoms with Gasteiger partial charge in [-0.2, -0.15) is 8.42 Å². The molecule has 2 fully saturated rings. The van der Waals surface area contributed by atoms with Gasteiger partial charge in [0.1, 0.15) is 0 Å². The Labute approximate surface area is 847 Å². The monoisotopic (exact) mass is 2150 g/mol. The van der Waals surface area contributed by atoms with Gasteiger partial charge in [0.05, 0.1) is 240 Å². The molecule has 0 bridgehead atoms. The molecule has 0 spiro atoms. The lowest BCUT2D eigenvalue weighted by atomic mass is 10.1. The standard InChI is InChI=1S/C24H56N4.C23H54N3.C18H42N4.C16H36N4.7CH4O4S/c1-9-25(21-17-23-27(5,6)7)19-15-13-14-16-20-26(10-2)22-18-24-28(8,11-3)12-4;1-9-25(7,10-2)21-17-14-15-19-23-26(8,11-3)22-18-13-12-16-20-24(4,5)6;1-7-22(6,8-2)18-10-12-20-15-13-19(14-16-20)11-9-17-21(3,4)5;1-5-18(6-2)10-8-12-20-15-13-19(14-16-20)11-7-9-17(3)4;7*1-5-6(2,3)4/h9-24H2,1-8H3;9-23H2,1-8H3;7-18H2,1-6H3;5-16H2,1-4H3;7*1H3,(H,2,3,4)/q+2;+3;+2;;;;;;;;/p-6. The van der Waals surface area contributed by atoms with Gasteiger partial charge in [0, 0.05) is 104 Å². The van der Waals surface area contributed by atoms with Gasteiger partial charge >= 0.3 is 10.4 Å². The number of nitrogens with zero attached hydrogens (tertiary/aromatic N) is 15. The highest BCUT2D eigenvalue weighted by Crippen LogP contribution is 2.16. The Morgan fingerprint density at radius 2 is 0.406 bits per heavy atom. The third-order valence-electron chi connectivity index (χ3n) is 24.6. The van der Waals surface area contributed by atoms with Crippen molar-refractivity contribution in [1.29, 1.82) is 0 Å². The number of piperazine rings is 2. The minimum Gasteiger partial charge on any atom is -0.726 e. The SMILES string of the molecule is CCN(CC)CCCN1CCN(CCCN(C)C)CC1.CCN(CCCCCCN(CC)CCC[N+](C)(CC)CC)CCC[N+](C)(C)C.CC[N+](C)(CC)CCCCCC[N+](C)(CC)CCCCCC[N+](C)(C)C.CC[N+](C)(CC)CCCN1CCN(CCC[N+](C)(C)C)CC1.COS(=O)(=O)O.COS(=O)(=O)[O-].COS(=O)(=O)[O-].COS(=O)(=O)[O-].COS(=O)(=O)[O-].COS(=O)(=O)[O-].COS(=O)(=O)[O-]. The van der Waals surface area contributed by atoms with Crippen LogP contribution in [0.5, 0.6) is 0 Å². The summed E-state index contributed by atoms with van der Waals surface area (Å²) in [4.78, 5) is 20.7. The van der Waals surface area contributed by atoms with Gasteiger partial charge in [0.25, 0.3) is 0 Å². The zero-order valence-corrected chi connectivity index (χ0v) is 98.6. The number of quaternary nitrogens is 7. The summed E-state index contributed by atoms with van der Waals surface area (Å²) in [7, 11) is 9.73. The zero-order chi connectivity index (χ0) is 109. The average Bonchev–Trinajstić information content (AvgIpc) is 0.885. The number of hydrogen-bond acceptors (Lipinski definition) is 35. The van der Waals surface area contributed by atoms with Crippen molar-refractivity contribution < 1.29 is 151 Å². The lowest BCUT2D eigenvalue weighted by molar-refractivity contribution is -0.908. The lowest BCUT2D eigenvalue weighted by Gasteiger charge is -2.36. The van der Waals surface area contributed by atoms with Gasteiger partial charge in [0.2, 0.25) is 62.4 Å². The molecule has 1 unspecified atom stereocenters. The summed E-state index contributed by atoms with van der Waals surface area (Å²) in [6.45, 7) is 72.6. The quantitative estimate of drug-likeness (QED) is 0.0326. The molecule has 0 aromatic carbocycles. The van der Waals surface area contributed by atoms with Gasteiger partial charge in [-0.3, -0.25) is 33.8 Å². The van der Waals surface area contributed by atoms with Crippen molar-refractivity contribution in [1.82, 2.24) is 39.2 Å². The highest BCUT2D eigenvalue weighted by molar-refractivity contribution is 7.82. The Morgan fingerprint density at radius 3 is 0.623 bits per heavy atom. The van der Waals surface area contributed by atoms with E-state index in [9.17, 15) is 86.2 Å². The van der Waals surface area contributed by atoms with Gasteiger partial charge in [-0.25, -0.2) is 50.5 Å². The Morgan fingerprint density at radius 1 is 0.239 bits per heavy atom. The van der Waals surface area contributed by atoms with E-state index in [-0.39, 0.29) is 0 Å². The van der Waals surface area contributed by atoms with Crippen molar-refractivity contribution in [3.05, 3.63) is 0 Å². The van der Waals surface area contributed by atoms with Crippen LogP contribution in [-0.2, 0) is 102 Å². The fourth-order valence-corrected chi connectivity index (χ4v) is 13.7. The van der Waals surface area contributed by atoms with Crippen LogP contribution in [0, 0.1) is 0 Å². The van der Waals surface area contributed by atoms with Crippen molar-refractivity contribution in [2.24, 2.45) is 0 Å². The molecule has 2 saturated heterocycles. The Kier molecular flexibility index (Phi) is 96.4. The minimum atomic E-state index is -4.41. The van der Waals surface area contributed by atoms with Crippen molar-refractivity contribution in [3.8, 4) is 0 Å². The molecule has 0 aromatic heterocycles. The molecule has 0 saturated carbocycles. The third-order valence-corrected chi connectivity index (χ3v) is 27.5. The molecule has 1 N–H and O–H groups in total. The van der Waals surface area contributed by atoms with E-state index in [1.807, 2.05) is 0 Å². The third kappa shape index (κ3) is 123. The number of unbranched alkanes of at least 4 members (excludes halogenated alkanes) is 9. The van der Waals surface area contributed by atoms with Crippen LogP contribution in [-0.4, -0.2) is 559 Å². The van der Waals surface area contributed by atoms with E-state index in [0.29, 0.717) is 0 Å². The maximum absolute atomic E-state index is 9.33. The first kappa shape index (κ1) is 154. The van der Waals surface area contributed by atoms with Crippen LogP contribution in [0.3, 0.4) is 0 Å². The molecular formula is C88H210N15O28S7+. The maximum Gasteiger partial charge on any atom is 0.397 e. The van der Waals surface area contributed by atoms with E-state index in [4.69, 9.17) is 4.55 Å². The molecule has 2 aliphatic heterocycles. The topological polar surface area (TPSA) is 488 Å². The summed E-state index contributed by atoms with van der Waals surface area (Å²) in [6, 6.07) is 0. The van der Waals surface area contributed by atoms with Gasteiger partial charge in [0.15, 0.2) is 0 Å². The summed E-state index contributed by atoms with van der Waals surface area (Å²) in [5.74, 6) is 0. The molecule has 2 rings (SSSR count). The van der Waals surface area contributed by atoms with E-state index in [1.54, 1.807) is 0 Å². The molecular weight excluding hydrogens is 1940 g/mol. The molecule has 0 radical (unpaired) electrons. The van der Waals surface area contributed by atoms with Gasteiger partial charge in [-0.1, -0.05) is 40.5 Å². The lowest BCUT2D eigenvalue weighted by Crippen LogP contribution is -2.49. The van der Waals surface area contributed by atoms with Crippen LogP contribution in [0.2, 0.25) is 0 Å². The molecule has 43 nitrogen and oxygen atoms in total. The van der Waals surface area contributed by atoms with E-state index in [1.165, 1.54) is 376 Å². The molecule has 138 heavy (non-hydrogen) atoms. The largest absolute Gasteiger partial charge is 0.726 e. The first-order valence-electron chi connectivity index (χ1n) is 49.2. The van der Waals surface area contributed by atoms with Gasteiger partial charge < -0.3 is 97.9 Å². The van der Waals surface area contributed by atoms with Crippen LogP contribution >= 0.6 is 0 Å². The Hall–Kier alpha value is -1.51. The van der Waals surface area contributed by atoms with Crippen LogP contribution in [0.4, 0.5) is 0 Å². The molecule has 0 aliphatic carbocycles. The fourth-order valence-electron chi connectivity index (χ4n) is 13.7. The summed E-state index contributed by atoms with van der Waals surface area (Å²) in [5, 5.41) is 0. The van der Waals surface area contributed by atoms with E-state index in [0.717, 1.165) is 63.2 Å². The fraction of sp³-hybridized carbons (Fsp3) is 1.00. The molecule has 2 aliphatic rings. The van der Waals surface area contributed by atoms with Crippen molar-refractivity contribution in [2.45, 2.75) is 192 Å². The summed E-state index contributed by atoms with van der Waals surface area (Å²) in [5.41, 5.74) is 0. The number of rotatable bonds is 63. The Bertz CT molecular complexity index is 3300. The second kappa shape index (κ2) is 86.3. The Balaban J connectivity index is -0.000000201. The average molecular weight is 2150 g/mol. The van der Waals surface area contributed by atoms with Crippen LogP contribution < -0.4 is 0 Å². The number of hydrogen-bond donors (Lipinski definition) is 1. The van der Waals surface area contributed by atoms with E-state index < -0.39 is 72.8 Å². The first-order valence-corrected chi connectivity index (χ1v) is 58.6. The second-order valence-corrected chi connectivity index (χ2v) is 46.9. The predicted molar refractivity (Wildman–Crippen MR) is 550 cm³/mol. The normalized spacial score (nSPS) is 14.7. The van der Waals surface area contributed by atoms with Gasteiger partial charge in [-0.05, 0) is 205 Å². The summed E-state index contributed by atoms with van der Waals surface area (Å²) < 4.78 is 224. The minimum absolute atomic E-state index is 0.808. The smallest absolute Gasteiger partial charge is 0.397 e. The van der Waals surface area contributed by atoms with Crippen molar-refractivity contribution >= 4 is 72.8 Å². The molecule has 2 heterocycles. The van der Waals surface area contributed by atoms with Crippen LogP contribution in [0.1, 0.15) is 192 Å².